The van der Waals surface area contributed by atoms with Crippen LogP contribution in [-0.2, 0) is 4.79 Å². The highest BCUT2D eigenvalue weighted by Crippen LogP contribution is 2.21. The summed E-state index contributed by atoms with van der Waals surface area (Å²) >= 11 is 0. The van der Waals surface area contributed by atoms with Crippen molar-refractivity contribution in [2.75, 3.05) is 5.32 Å². The second-order valence-corrected chi connectivity index (χ2v) is 3.98. The molecule has 0 radical (unpaired) electrons. The van der Waals surface area contributed by atoms with Crippen LogP contribution >= 0.6 is 0 Å². The number of hydrogen-bond donors (Lipinski definition) is 2. The molecule has 19 heavy (non-hydrogen) atoms. The summed E-state index contributed by atoms with van der Waals surface area (Å²) in [6, 6.07) is 5.51. The Morgan fingerprint density at radius 3 is 2.53 bits per heavy atom. The SMILES string of the molecule is CC(Nc1ncc(-c2ccccc2F)cn1)C(=O)O. The van der Waals surface area contributed by atoms with Gasteiger partial charge in [0, 0.05) is 23.5 Å². The van der Waals surface area contributed by atoms with Gasteiger partial charge in [0.1, 0.15) is 11.9 Å². The topological polar surface area (TPSA) is 75.1 Å². The van der Waals surface area contributed by atoms with Crippen molar-refractivity contribution in [2.24, 2.45) is 0 Å². The standard InChI is InChI=1S/C13H12FN3O2/c1-8(12(18)19)17-13-15-6-9(7-16-13)10-4-2-3-5-11(10)14/h2-8H,1H3,(H,18,19)(H,15,16,17). The van der Waals surface area contributed by atoms with Gasteiger partial charge in [0.2, 0.25) is 5.95 Å². The van der Waals surface area contributed by atoms with Crippen molar-refractivity contribution >= 4 is 11.9 Å². The van der Waals surface area contributed by atoms with E-state index >= 15 is 0 Å². The maximum atomic E-state index is 13.5. The summed E-state index contributed by atoms with van der Waals surface area (Å²) in [5, 5.41) is 11.4. The molecule has 0 saturated heterocycles. The van der Waals surface area contributed by atoms with Gasteiger partial charge in [-0.25, -0.2) is 14.4 Å². The number of nitrogens with zero attached hydrogens (tertiary/aromatic N) is 2. The van der Waals surface area contributed by atoms with Crippen molar-refractivity contribution in [3.8, 4) is 11.1 Å². The zero-order valence-electron chi connectivity index (χ0n) is 10.2. The Morgan fingerprint density at radius 1 is 1.32 bits per heavy atom. The molecule has 2 N–H and O–H groups in total. The monoisotopic (exact) mass is 261 g/mol. The van der Waals surface area contributed by atoms with Crippen LogP contribution in [0.25, 0.3) is 11.1 Å². The Kier molecular flexibility index (Phi) is 3.70. The van der Waals surface area contributed by atoms with Gasteiger partial charge in [0.15, 0.2) is 0 Å². The highest BCUT2D eigenvalue weighted by molar-refractivity contribution is 5.76. The van der Waals surface area contributed by atoms with Crippen LogP contribution in [0.2, 0.25) is 0 Å². The molecule has 0 saturated carbocycles. The molecule has 0 aliphatic carbocycles. The van der Waals surface area contributed by atoms with Gasteiger partial charge in [0.05, 0.1) is 0 Å². The largest absolute Gasteiger partial charge is 0.480 e. The van der Waals surface area contributed by atoms with E-state index in [1.807, 2.05) is 0 Å². The smallest absolute Gasteiger partial charge is 0.325 e. The molecular formula is C13H12FN3O2. The van der Waals surface area contributed by atoms with E-state index in [-0.39, 0.29) is 11.8 Å². The fourth-order valence-electron chi connectivity index (χ4n) is 1.49. The van der Waals surface area contributed by atoms with Crippen LogP contribution in [0, 0.1) is 5.82 Å². The van der Waals surface area contributed by atoms with Gasteiger partial charge in [0.25, 0.3) is 0 Å². The summed E-state index contributed by atoms with van der Waals surface area (Å²) < 4.78 is 13.5. The molecule has 0 spiro atoms. The zero-order chi connectivity index (χ0) is 13.8. The van der Waals surface area contributed by atoms with Gasteiger partial charge >= 0.3 is 5.97 Å². The van der Waals surface area contributed by atoms with Gasteiger partial charge in [-0.1, -0.05) is 18.2 Å². The number of benzene rings is 1. The minimum atomic E-state index is -0.998. The lowest BCUT2D eigenvalue weighted by Gasteiger charge is -2.09. The molecule has 1 unspecified atom stereocenters. The molecule has 0 aliphatic rings. The molecule has 1 aromatic carbocycles. The minimum absolute atomic E-state index is 0.190. The van der Waals surface area contributed by atoms with Crippen LogP contribution in [0.1, 0.15) is 6.92 Å². The van der Waals surface area contributed by atoms with E-state index in [0.717, 1.165) is 0 Å². The summed E-state index contributed by atoms with van der Waals surface area (Å²) in [5.41, 5.74) is 0.937. The maximum absolute atomic E-state index is 13.5. The summed E-state index contributed by atoms with van der Waals surface area (Å²) in [5.74, 6) is -1.16. The lowest BCUT2D eigenvalue weighted by molar-refractivity contribution is -0.137. The van der Waals surface area contributed by atoms with Crippen molar-refractivity contribution in [1.29, 1.82) is 0 Å². The molecule has 6 heteroatoms. The number of anilines is 1. The van der Waals surface area contributed by atoms with Gasteiger partial charge in [-0.05, 0) is 13.0 Å². The van der Waals surface area contributed by atoms with E-state index in [9.17, 15) is 9.18 Å². The van der Waals surface area contributed by atoms with E-state index in [0.29, 0.717) is 11.1 Å². The van der Waals surface area contributed by atoms with Crippen molar-refractivity contribution in [3.05, 3.63) is 42.5 Å². The van der Waals surface area contributed by atoms with E-state index in [1.165, 1.54) is 25.4 Å². The molecule has 2 aromatic rings. The van der Waals surface area contributed by atoms with E-state index < -0.39 is 12.0 Å². The van der Waals surface area contributed by atoms with Gasteiger partial charge in [-0.3, -0.25) is 4.79 Å². The minimum Gasteiger partial charge on any atom is -0.480 e. The summed E-state index contributed by atoms with van der Waals surface area (Å²) in [6.45, 7) is 1.48. The number of hydrogen-bond acceptors (Lipinski definition) is 4. The number of nitrogens with one attached hydrogen (secondary N) is 1. The van der Waals surface area contributed by atoms with E-state index in [4.69, 9.17) is 5.11 Å². The first-order valence-corrected chi connectivity index (χ1v) is 5.64. The summed E-state index contributed by atoms with van der Waals surface area (Å²) in [6.07, 6.45) is 2.89. The van der Waals surface area contributed by atoms with Crippen LogP contribution in [0.4, 0.5) is 10.3 Å². The lowest BCUT2D eigenvalue weighted by atomic mass is 10.1. The quantitative estimate of drug-likeness (QED) is 0.882. The number of rotatable bonds is 4. The molecule has 0 amide bonds. The average Bonchev–Trinajstić information content (AvgIpc) is 2.40. The Hall–Kier alpha value is -2.50. The fraction of sp³-hybridized carbons (Fsp3) is 0.154. The molecule has 98 valence electrons. The summed E-state index contributed by atoms with van der Waals surface area (Å²) in [7, 11) is 0. The molecule has 1 aromatic heterocycles. The second-order valence-electron chi connectivity index (χ2n) is 3.98. The third-order valence-corrected chi connectivity index (χ3v) is 2.55. The van der Waals surface area contributed by atoms with Crippen molar-refractivity contribution in [1.82, 2.24) is 9.97 Å². The van der Waals surface area contributed by atoms with Crippen LogP contribution < -0.4 is 5.32 Å². The molecule has 2 rings (SSSR count). The molecule has 5 nitrogen and oxygen atoms in total. The van der Waals surface area contributed by atoms with Crippen molar-refractivity contribution < 1.29 is 14.3 Å². The Morgan fingerprint density at radius 2 is 1.95 bits per heavy atom. The molecule has 0 aliphatic heterocycles. The Labute approximate surface area is 109 Å². The van der Waals surface area contributed by atoms with Gasteiger partial charge in [-0.2, -0.15) is 0 Å². The predicted octanol–water partition coefficient (Wildman–Crippen LogP) is 2.17. The van der Waals surface area contributed by atoms with Crippen LogP contribution in [-0.4, -0.2) is 27.1 Å². The van der Waals surface area contributed by atoms with E-state index in [2.05, 4.69) is 15.3 Å². The zero-order valence-corrected chi connectivity index (χ0v) is 10.2. The third kappa shape index (κ3) is 3.04. The molecule has 1 heterocycles. The number of aromatic nitrogens is 2. The predicted molar refractivity (Wildman–Crippen MR) is 68.1 cm³/mol. The number of halogens is 1. The highest BCUT2D eigenvalue weighted by Gasteiger charge is 2.12. The number of aliphatic carboxylic acids is 1. The first-order chi connectivity index (χ1) is 9.08. The average molecular weight is 261 g/mol. The van der Waals surface area contributed by atoms with Crippen molar-refractivity contribution in [3.63, 3.8) is 0 Å². The number of carbonyl (C=O) groups is 1. The Bertz CT molecular complexity index is 587. The lowest BCUT2D eigenvalue weighted by Crippen LogP contribution is -2.26. The fourth-order valence-corrected chi connectivity index (χ4v) is 1.49. The maximum Gasteiger partial charge on any atom is 0.325 e. The van der Waals surface area contributed by atoms with Crippen LogP contribution in [0.5, 0.6) is 0 Å². The summed E-state index contributed by atoms with van der Waals surface area (Å²) in [4.78, 5) is 18.6. The normalized spacial score (nSPS) is 11.9. The molecular weight excluding hydrogens is 249 g/mol. The third-order valence-electron chi connectivity index (χ3n) is 2.55. The second kappa shape index (κ2) is 5.43. The first kappa shape index (κ1) is 12.9. The molecule has 0 fully saturated rings. The molecule has 1 atom stereocenters. The van der Waals surface area contributed by atoms with E-state index in [1.54, 1.807) is 18.2 Å². The molecule has 0 bridgehead atoms. The van der Waals surface area contributed by atoms with Gasteiger partial charge < -0.3 is 10.4 Å². The van der Waals surface area contributed by atoms with Crippen molar-refractivity contribution in [2.45, 2.75) is 13.0 Å². The van der Waals surface area contributed by atoms with Crippen LogP contribution in [0.3, 0.4) is 0 Å². The Balaban J connectivity index is 2.19. The van der Waals surface area contributed by atoms with Gasteiger partial charge in [-0.15, -0.1) is 0 Å². The number of carboxylic acid groups (broad SMARTS) is 1. The highest BCUT2D eigenvalue weighted by atomic mass is 19.1. The first-order valence-electron chi connectivity index (χ1n) is 5.64. The number of carboxylic acids is 1. The van der Waals surface area contributed by atoms with Crippen LogP contribution in [0.15, 0.2) is 36.7 Å².